The van der Waals surface area contributed by atoms with Gasteiger partial charge >= 0.3 is 0 Å². The van der Waals surface area contributed by atoms with Crippen LogP contribution >= 0.6 is 0 Å². The minimum Gasteiger partial charge on any atom is -0.492 e. The molecule has 9 heteroatoms. The lowest BCUT2D eigenvalue weighted by Gasteiger charge is -2.35. The van der Waals surface area contributed by atoms with E-state index in [1.54, 1.807) is 48.5 Å². The quantitative estimate of drug-likeness (QED) is 0.769. The average Bonchev–Trinajstić information content (AvgIpc) is 2.63. The van der Waals surface area contributed by atoms with Crippen LogP contribution in [0.25, 0.3) is 0 Å². The monoisotopic (exact) mass is 403 g/mol. The number of amides is 2. The van der Waals surface area contributed by atoms with E-state index in [0.717, 1.165) is 10.6 Å². The number of carbonyl (C=O) groups excluding carboxylic acids is 2. The van der Waals surface area contributed by atoms with Crippen molar-refractivity contribution in [2.75, 3.05) is 27.8 Å². The summed E-state index contributed by atoms with van der Waals surface area (Å²) in [5.41, 5.74) is 1.17. The van der Waals surface area contributed by atoms with E-state index in [9.17, 15) is 18.0 Å². The van der Waals surface area contributed by atoms with Crippen molar-refractivity contribution in [2.24, 2.45) is 0 Å². The Labute approximate surface area is 163 Å². The molecule has 0 unspecified atom stereocenters. The normalized spacial score (nSPS) is 16.1. The summed E-state index contributed by atoms with van der Waals surface area (Å²) >= 11 is 0. The molecule has 2 N–H and O–H groups in total. The lowest BCUT2D eigenvalue weighted by molar-refractivity contribution is -0.122. The van der Waals surface area contributed by atoms with E-state index in [4.69, 9.17) is 4.74 Å². The summed E-state index contributed by atoms with van der Waals surface area (Å²) in [7, 11) is -3.79. The zero-order valence-corrected chi connectivity index (χ0v) is 16.3. The zero-order chi connectivity index (χ0) is 20.3. The van der Waals surface area contributed by atoms with Crippen LogP contribution in [-0.4, -0.2) is 39.1 Å². The summed E-state index contributed by atoms with van der Waals surface area (Å²) in [5.74, 6) is -0.561. The predicted octanol–water partition coefficient (Wildman–Crippen LogP) is 2.20. The molecule has 0 saturated carbocycles. The fourth-order valence-electron chi connectivity index (χ4n) is 3.08. The Morgan fingerprint density at radius 2 is 1.86 bits per heavy atom. The van der Waals surface area contributed by atoms with E-state index in [0.29, 0.717) is 29.4 Å². The molecule has 0 spiro atoms. The molecule has 1 aliphatic heterocycles. The Morgan fingerprint density at radius 3 is 2.57 bits per heavy atom. The standard InChI is InChI=1S/C19H21N3O5S/c1-3-27-17-11-7-5-9-14(17)20-18(23)12-16-19(24)21-13-8-4-6-10-15(13)22(16)28(2,25)26/h4-11,16H,3,12H2,1-2H3,(H,20,23)(H,21,24)/t16-/m0/s1. The van der Waals surface area contributed by atoms with Crippen molar-refractivity contribution in [3.63, 3.8) is 0 Å². The highest BCUT2D eigenvalue weighted by Crippen LogP contribution is 2.35. The summed E-state index contributed by atoms with van der Waals surface area (Å²) in [6, 6.07) is 12.3. The van der Waals surface area contributed by atoms with Crippen molar-refractivity contribution in [3.05, 3.63) is 48.5 Å². The first-order chi connectivity index (χ1) is 13.3. The Bertz CT molecular complexity index is 1010. The molecule has 148 valence electrons. The van der Waals surface area contributed by atoms with Gasteiger partial charge in [-0.2, -0.15) is 0 Å². The lowest BCUT2D eigenvalue weighted by atomic mass is 10.1. The maximum atomic E-state index is 12.6. The molecule has 2 amide bonds. The van der Waals surface area contributed by atoms with Gasteiger partial charge in [-0.25, -0.2) is 8.42 Å². The Hall–Kier alpha value is -3.07. The van der Waals surface area contributed by atoms with E-state index in [-0.39, 0.29) is 6.42 Å². The first-order valence-electron chi connectivity index (χ1n) is 8.72. The number of rotatable bonds is 6. The lowest BCUT2D eigenvalue weighted by Crippen LogP contribution is -2.52. The number of ether oxygens (including phenoxy) is 1. The number of sulfonamides is 1. The summed E-state index contributed by atoms with van der Waals surface area (Å²) in [4.78, 5) is 25.1. The van der Waals surface area contributed by atoms with Crippen molar-refractivity contribution in [1.82, 2.24) is 0 Å². The number of nitrogens with one attached hydrogen (secondary N) is 2. The summed E-state index contributed by atoms with van der Waals surface area (Å²) in [6.45, 7) is 2.25. The Kier molecular flexibility index (Phi) is 5.55. The minimum atomic E-state index is -3.79. The predicted molar refractivity (Wildman–Crippen MR) is 107 cm³/mol. The highest BCUT2D eigenvalue weighted by atomic mass is 32.2. The maximum Gasteiger partial charge on any atom is 0.248 e. The highest BCUT2D eigenvalue weighted by Gasteiger charge is 2.39. The largest absolute Gasteiger partial charge is 0.492 e. The van der Waals surface area contributed by atoms with E-state index in [2.05, 4.69) is 10.6 Å². The van der Waals surface area contributed by atoms with Gasteiger partial charge in [-0.05, 0) is 31.2 Å². The van der Waals surface area contributed by atoms with Gasteiger partial charge in [-0.1, -0.05) is 24.3 Å². The molecule has 1 heterocycles. The third-order valence-electron chi connectivity index (χ3n) is 4.18. The molecule has 1 aliphatic rings. The van der Waals surface area contributed by atoms with Crippen LogP contribution in [0, 0.1) is 0 Å². The second-order valence-corrected chi connectivity index (χ2v) is 8.12. The van der Waals surface area contributed by atoms with Gasteiger partial charge in [0.1, 0.15) is 11.8 Å². The number of benzene rings is 2. The van der Waals surface area contributed by atoms with Gasteiger partial charge in [-0.3, -0.25) is 13.9 Å². The van der Waals surface area contributed by atoms with Crippen LogP contribution in [0.2, 0.25) is 0 Å². The molecule has 0 saturated heterocycles. The molecule has 2 aromatic rings. The molecule has 28 heavy (non-hydrogen) atoms. The van der Waals surface area contributed by atoms with Crippen molar-refractivity contribution in [3.8, 4) is 5.75 Å². The maximum absolute atomic E-state index is 12.6. The number of nitrogens with zero attached hydrogens (tertiary/aromatic N) is 1. The Morgan fingerprint density at radius 1 is 1.18 bits per heavy atom. The van der Waals surface area contributed by atoms with Crippen LogP contribution in [-0.2, 0) is 19.6 Å². The number of anilines is 3. The van der Waals surface area contributed by atoms with Gasteiger partial charge in [0, 0.05) is 0 Å². The molecular weight excluding hydrogens is 382 g/mol. The fourth-order valence-corrected chi connectivity index (χ4v) is 4.22. The summed E-state index contributed by atoms with van der Waals surface area (Å²) in [6.07, 6.45) is 0.672. The zero-order valence-electron chi connectivity index (χ0n) is 15.5. The van der Waals surface area contributed by atoms with E-state index in [1.807, 2.05) is 6.92 Å². The number of hydrogen-bond acceptors (Lipinski definition) is 5. The van der Waals surface area contributed by atoms with Gasteiger partial charge in [0.2, 0.25) is 21.8 Å². The first-order valence-corrected chi connectivity index (χ1v) is 10.6. The first kappa shape index (κ1) is 19.7. The van der Waals surface area contributed by atoms with Crippen molar-refractivity contribution < 1.29 is 22.7 Å². The van der Waals surface area contributed by atoms with E-state index in [1.165, 1.54) is 0 Å². The van der Waals surface area contributed by atoms with Crippen LogP contribution in [0.4, 0.5) is 17.1 Å². The van der Waals surface area contributed by atoms with Crippen molar-refractivity contribution >= 4 is 38.9 Å². The van der Waals surface area contributed by atoms with E-state index >= 15 is 0 Å². The van der Waals surface area contributed by atoms with Crippen LogP contribution in [0.1, 0.15) is 13.3 Å². The molecular formula is C19H21N3O5S. The van der Waals surface area contributed by atoms with Gasteiger partial charge < -0.3 is 15.4 Å². The molecule has 2 aromatic carbocycles. The van der Waals surface area contributed by atoms with Crippen molar-refractivity contribution in [2.45, 2.75) is 19.4 Å². The molecule has 0 fully saturated rings. The molecule has 0 bridgehead atoms. The molecule has 1 atom stereocenters. The second-order valence-electron chi connectivity index (χ2n) is 6.26. The molecule has 8 nitrogen and oxygen atoms in total. The average molecular weight is 403 g/mol. The summed E-state index contributed by atoms with van der Waals surface area (Å²) < 4.78 is 31.2. The fraction of sp³-hybridized carbons (Fsp3) is 0.263. The van der Waals surface area contributed by atoms with Gasteiger partial charge in [0.05, 0.1) is 36.3 Å². The van der Waals surface area contributed by atoms with Crippen LogP contribution in [0.5, 0.6) is 5.75 Å². The molecule has 0 aliphatic carbocycles. The van der Waals surface area contributed by atoms with Crippen molar-refractivity contribution in [1.29, 1.82) is 0 Å². The SMILES string of the molecule is CCOc1ccccc1NC(=O)C[C@H]1C(=O)Nc2ccccc2N1S(C)(=O)=O. The van der Waals surface area contributed by atoms with E-state index < -0.39 is 27.9 Å². The third-order valence-corrected chi connectivity index (χ3v) is 5.35. The topological polar surface area (TPSA) is 105 Å². The van der Waals surface area contributed by atoms with Crippen LogP contribution < -0.4 is 19.7 Å². The second kappa shape index (κ2) is 7.89. The molecule has 3 rings (SSSR count). The number of hydrogen-bond donors (Lipinski definition) is 2. The molecule has 0 radical (unpaired) electrons. The minimum absolute atomic E-state index is 0.331. The molecule has 0 aromatic heterocycles. The Balaban J connectivity index is 1.86. The van der Waals surface area contributed by atoms with Gasteiger partial charge in [-0.15, -0.1) is 0 Å². The van der Waals surface area contributed by atoms with Gasteiger partial charge in [0.15, 0.2) is 0 Å². The number of fused-ring (bicyclic) bond motifs is 1. The van der Waals surface area contributed by atoms with Gasteiger partial charge in [0.25, 0.3) is 0 Å². The number of carbonyl (C=O) groups is 2. The third kappa shape index (κ3) is 4.09. The summed E-state index contributed by atoms with van der Waals surface area (Å²) in [5, 5.41) is 5.36. The highest BCUT2D eigenvalue weighted by molar-refractivity contribution is 7.92. The number of para-hydroxylation sites is 4. The van der Waals surface area contributed by atoms with Crippen LogP contribution in [0.15, 0.2) is 48.5 Å². The van der Waals surface area contributed by atoms with Crippen LogP contribution in [0.3, 0.4) is 0 Å². The smallest absolute Gasteiger partial charge is 0.248 e.